The number of methoxy groups -OCH3 is 2. The summed E-state index contributed by atoms with van der Waals surface area (Å²) in [5.74, 6) is 1.51. The summed E-state index contributed by atoms with van der Waals surface area (Å²) < 4.78 is 16.4. The van der Waals surface area contributed by atoms with Crippen LogP contribution in [0.2, 0.25) is 0 Å². The third-order valence-corrected chi connectivity index (χ3v) is 7.14. The van der Waals surface area contributed by atoms with Gasteiger partial charge in [0.15, 0.2) is 5.58 Å². The third-order valence-electron chi connectivity index (χ3n) is 6.26. The highest BCUT2D eigenvalue weighted by molar-refractivity contribution is 7.98. The van der Waals surface area contributed by atoms with Crippen LogP contribution in [0.4, 0.5) is 5.69 Å². The second kappa shape index (κ2) is 13.5. The summed E-state index contributed by atoms with van der Waals surface area (Å²) in [6, 6.07) is 27.2. The van der Waals surface area contributed by atoms with Gasteiger partial charge in [-0.25, -0.2) is 10.4 Å². The minimum atomic E-state index is -0.373. The number of hydrogen-bond acceptors (Lipinski definition) is 8. The van der Waals surface area contributed by atoms with Gasteiger partial charge < -0.3 is 19.2 Å². The first-order valence-corrected chi connectivity index (χ1v) is 14.0. The van der Waals surface area contributed by atoms with Gasteiger partial charge in [-0.3, -0.25) is 9.59 Å². The van der Waals surface area contributed by atoms with Crippen molar-refractivity contribution < 1.29 is 23.5 Å². The summed E-state index contributed by atoms with van der Waals surface area (Å²) in [6.45, 7) is 0. The zero-order valence-electron chi connectivity index (χ0n) is 23.0. The Hall–Kier alpha value is -5.09. The molecule has 0 radical (unpaired) electrons. The number of para-hydroxylation sites is 2. The van der Waals surface area contributed by atoms with E-state index >= 15 is 0 Å². The number of ether oxygens (including phenoxy) is 2. The average molecular weight is 581 g/mol. The lowest BCUT2D eigenvalue weighted by Gasteiger charge is -2.08. The average Bonchev–Trinajstić information content (AvgIpc) is 3.44. The van der Waals surface area contributed by atoms with Crippen LogP contribution >= 0.6 is 11.8 Å². The Morgan fingerprint density at radius 3 is 2.48 bits per heavy atom. The Labute approximate surface area is 246 Å². The maximum absolute atomic E-state index is 12.6. The van der Waals surface area contributed by atoms with Gasteiger partial charge in [0, 0.05) is 22.6 Å². The van der Waals surface area contributed by atoms with Crippen LogP contribution < -0.4 is 20.2 Å². The number of carbonyl (C=O) groups excluding carboxylic acids is 2. The molecule has 9 nitrogen and oxygen atoms in total. The molecule has 0 saturated carbocycles. The number of hydrogen-bond donors (Lipinski definition) is 2. The Kier molecular flexibility index (Phi) is 9.15. The van der Waals surface area contributed by atoms with Gasteiger partial charge in [-0.15, -0.1) is 0 Å². The van der Waals surface area contributed by atoms with Crippen LogP contribution in [0.5, 0.6) is 11.5 Å². The van der Waals surface area contributed by atoms with Crippen LogP contribution in [0.1, 0.15) is 27.0 Å². The van der Waals surface area contributed by atoms with Crippen LogP contribution in [0, 0.1) is 0 Å². The van der Waals surface area contributed by atoms with Gasteiger partial charge in [-0.05, 0) is 77.9 Å². The van der Waals surface area contributed by atoms with E-state index in [-0.39, 0.29) is 18.2 Å². The van der Waals surface area contributed by atoms with E-state index < -0.39 is 0 Å². The summed E-state index contributed by atoms with van der Waals surface area (Å²) in [6.07, 6.45) is 1.79. The normalized spacial score (nSPS) is 11.0. The van der Waals surface area contributed by atoms with Crippen molar-refractivity contribution in [3.63, 3.8) is 0 Å². The van der Waals surface area contributed by atoms with E-state index in [1.807, 2.05) is 66.7 Å². The molecule has 1 heterocycles. The Morgan fingerprint density at radius 2 is 1.74 bits per heavy atom. The number of nitrogens with one attached hydrogen (secondary N) is 2. The molecule has 42 heavy (non-hydrogen) atoms. The second-order valence-electron chi connectivity index (χ2n) is 9.16. The number of rotatable bonds is 11. The third kappa shape index (κ3) is 7.35. The lowest BCUT2D eigenvalue weighted by atomic mass is 10.1. The van der Waals surface area contributed by atoms with Crippen molar-refractivity contribution in [2.24, 2.45) is 5.10 Å². The number of benzene rings is 4. The van der Waals surface area contributed by atoms with E-state index in [1.54, 1.807) is 44.7 Å². The predicted octanol–water partition coefficient (Wildman–Crippen LogP) is 6.08. The van der Waals surface area contributed by atoms with E-state index in [4.69, 9.17) is 13.9 Å². The number of fused-ring (bicyclic) bond motifs is 1. The highest BCUT2D eigenvalue weighted by Gasteiger charge is 2.11. The minimum absolute atomic E-state index is 0.159. The molecule has 5 rings (SSSR count). The molecular formula is C32H28N4O5S. The fourth-order valence-electron chi connectivity index (χ4n) is 4.11. The van der Waals surface area contributed by atoms with Gasteiger partial charge in [0.1, 0.15) is 17.0 Å². The van der Waals surface area contributed by atoms with Crippen LogP contribution in [0.15, 0.2) is 106 Å². The fourth-order valence-corrected chi connectivity index (χ4v) is 4.93. The maximum atomic E-state index is 12.6. The fraction of sp³-hybridized carbons (Fsp3) is 0.125. The van der Waals surface area contributed by atoms with Crippen molar-refractivity contribution in [3.05, 3.63) is 113 Å². The first-order chi connectivity index (χ1) is 20.5. The van der Waals surface area contributed by atoms with Gasteiger partial charge >= 0.3 is 0 Å². The molecule has 10 heteroatoms. The Bertz CT molecular complexity index is 1680. The Morgan fingerprint density at radius 1 is 0.952 bits per heavy atom. The molecule has 0 atom stereocenters. The molecule has 0 aliphatic carbocycles. The molecule has 5 aromatic rings. The summed E-state index contributed by atoms with van der Waals surface area (Å²) in [5.41, 5.74) is 7.69. The summed E-state index contributed by atoms with van der Waals surface area (Å²) in [4.78, 5) is 29.5. The van der Waals surface area contributed by atoms with Gasteiger partial charge in [0.05, 0.1) is 26.9 Å². The molecule has 2 N–H and O–H groups in total. The number of carbonyl (C=O) groups is 2. The van der Waals surface area contributed by atoms with E-state index in [0.29, 0.717) is 22.2 Å². The molecule has 212 valence electrons. The van der Waals surface area contributed by atoms with Gasteiger partial charge in [0.25, 0.3) is 11.1 Å². The van der Waals surface area contributed by atoms with E-state index in [9.17, 15) is 9.59 Å². The van der Waals surface area contributed by atoms with Gasteiger partial charge in [-0.2, -0.15) is 5.10 Å². The van der Waals surface area contributed by atoms with Crippen LogP contribution in [0.25, 0.3) is 11.1 Å². The standard InChI is InChI=1S/C32H28N4O5S/c1-39-26-14-7-21(8-15-26)18-30(37)34-25-12-10-23(11-13-25)31(38)36-33-19-22-9-16-28(40-2)24(17-22)20-42-32-35-27-5-3-4-6-29(27)41-32/h3-17,19H,18,20H2,1-2H3,(H,34,37)(H,36,38)/b33-19+. The number of nitrogens with zero attached hydrogens (tertiary/aromatic N) is 2. The molecule has 0 aliphatic heterocycles. The number of hydrazone groups is 1. The number of amides is 2. The molecule has 2 amide bonds. The molecule has 0 fully saturated rings. The maximum Gasteiger partial charge on any atom is 0.271 e. The molecule has 0 bridgehead atoms. The first-order valence-electron chi connectivity index (χ1n) is 13.0. The Balaban J connectivity index is 1.14. The van der Waals surface area contributed by atoms with Crippen molar-refractivity contribution in [1.29, 1.82) is 0 Å². The van der Waals surface area contributed by atoms with E-state index in [0.717, 1.165) is 39.3 Å². The highest BCUT2D eigenvalue weighted by Crippen LogP contribution is 2.30. The van der Waals surface area contributed by atoms with Crippen molar-refractivity contribution in [3.8, 4) is 11.5 Å². The monoisotopic (exact) mass is 580 g/mol. The second-order valence-corrected chi connectivity index (χ2v) is 10.1. The summed E-state index contributed by atoms with van der Waals surface area (Å²) in [5, 5.41) is 7.52. The molecule has 0 unspecified atom stereocenters. The highest BCUT2D eigenvalue weighted by atomic mass is 32.2. The van der Waals surface area contributed by atoms with E-state index in [2.05, 4.69) is 20.8 Å². The number of oxazole rings is 1. The lowest BCUT2D eigenvalue weighted by Crippen LogP contribution is -2.18. The van der Waals surface area contributed by atoms with Crippen LogP contribution in [-0.2, 0) is 17.0 Å². The van der Waals surface area contributed by atoms with Crippen molar-refractivity contribution in [2.45, 2.75) is 17.4 Å². The SMILES string of the molecule is COc1ccc(CC(=O)Nc2ccc(C(=O)N/N=C/c3ccc(OC)c(CSc4nc5ccccc5o4)c3)cc2)cc1. The van der Waals surface area contributed by atoms with Crippen LogP contribution in [-0.4, -0.2) is 37.2 Å². The number of thioether (sulfide) groups is 1. The van der Waals surface area contributed by atoms with Crippen molar-refractivity contribution in [1.82, 2.24) is 10.4 Å². The topological polar surface area (TPSA) is 115 Å². The van der Waals surface area contributed by atoms with Crippen molar-refractivity contribution in [2.75, 3.05) is 19.5 Å². The zero-order valence-corrected chi connectivity index (χ0v) is 23.8. The molecule has 0 aliphatic rings. The molecule has 0 saturated heterocycles. The van der Waals surface area contributed by atoms with Crippen LogP contribution in [0.3, 0.4) is 0 Å². The molecule has 0 spiro atoms. The summed E-state index contributed by atoms with van der Waals surface area (Å²) >= 11 is 1.47. The largest absolute Gasteiger partial charge is 0.497 e. The molecule has 4 aromatic carbocycles. The summed E-state index contributed by atoms with van der Waals surface area (Å²) in [7, 11) is 3.22. The van der Waals surface area contributed by atoms with Gasteiger partial charge in [-0.1, -0.05) is 36.0 Å². The molecule has 1 aromatic heterocycles. The van der Waals surface area contributed by atoms with E-state index in [1.165, 1.54) is 11.8 Å². The number of aromatic nitrogens is 1. The predicted molar refractivity (Wildman–Crippen MR) is 163 cm³/mol. The minimum Gasteiger partial charge on any atom is -0.497 e. The first kappa shape index (κ1) is 28.4. The zero-order chi connectivity index (χ0) is 29.3. The van der Waals surface area contributed by atoms with Crippen molar-refractivity contribution >= 4 is 46.6 Å². The lowest BCUT2D eigenvalue weighted by molar-refractivity contribution is -0.115. The van der Waals surface area contributed by atoms with Gasteiger partial charge in [0.2, 0.25) is 5.91 Å². The smallest absolute Gasteiger partial charge is 0.271 e. The molecular weight excluding hydrogens is 552 g/mol. The number of anilines is 1. The quantitative estimate of drug-likeness (QED) is 0.110.